The Hall–Kier alpha value is -1.84. The molecule has 0 heterocycles. The van der Waals surface area contributed by atoms with E-state index in [1.807, 2.05) is 18.2 Å². The van der Waals surface area contributed by atoms with Gasteiger partial charge in [0.05, 0.1) is 19.8 Å². The van der Waals surface area contributed by atoms with Crippen LogP contribution in [0.2, 0.25) is 0 Å². The van der Waals surface area contributed by atoms with Gasteiger partial charge in [-0.25, -0.2) is 0 Å². The van der Waals surface area contributed by atoms with E-state index >= 15 is 0 Å². The van der Waals surface area contributed by atoms with Gasteiger partial charge in [-0.3, -0.25) is 0 Å². The molecule has 0 aromatic heterocycles. The monoisotopic (exact) mass is 311 g/mol. The fraction of sp³-hybridized carbons (Fsp3) is 0.400. The summed E-state index contributed by atoms with van der Waals surface area (Å²) in [6.07, 6.45) is 3.47. The van der Waals surface area contributed by atoms with E-state index in [2.05, 4.69) is 35.6 Å². The Kier molecular flexibility index (Phi) is 5.31. The van der Waals surface area contributed by atoms with Gasteiger partial charge in [0, 0.05) is 6.54 Å². The summed E-state index contributed by atoms with van der Waals surface area (Å²) in [7, 11) is 1.74. The van der Waals surface area contributed by atoms with Gasteiger partial charge >= 0.3 is 0 Å². The molecule has 3 nitrogen and oxygen atoms in total. The maximum Gasteiger partial charge on any atom is 0.122 e. The van der Waals surface area contributed by atoms with Crippen LogP contribution in [0.15, 0.2) is 48.5 Å². The largest absolute Gasteiger partial charge is 0.496 e. The number of rotatable bonds is 6. The lowest BCUT2D eigenvalue weighted by atomic mass is 9.82. The van der Waals surface area contributed by atoms with Crippen molar-refractivity contribution in [2.24, 2.45) is 0 Å². The molecular weight excluding hydrogens is 286 g/mol. The predicted octanol–water partition coefficient (Wildman–Crippen LogP) is 3.44. The average Bonchev–Trinajstić information content (AvgIpc) is 2.62. The van der Waals surface area contributed by atoms with E-state index in [9.17, 15) is 5.11 Å². The Balaban J connectivity index is 1.72. The molecule has 0 amide bonds. The highest BCUT2D eigenvalue weighted by molar-refractivity contribution is 5.43. The van der Waals surface area contributed by atoms with Crippen LogP contribution in [0.1, 0.15) is 41.5 Å². The lowest BCUT2D eigenvalue weighted by Gasteiger charge is -2.28. The zero-order chi connectivity index (χ0) is 16.1. The van der Waals surface area contributed by atoms with E-state index in [1.54, 1.807) is 7.11 Å². The van der Waals surface area contributed by atoms with Crippen LogP contribution < -0.4 is 10.1 Å². The first kappa shape index (κ1) is 16.0. The van der Waals surface area contributed by atoms with E-state index in [4.69, 9.17) is 4.74 Å². The Morgan fingerprint density at radius 2 is 2.00 bits per heavy atom. The zero-order valence-electron chi connectivity index (χ0n) is 13.7. The summed E-state index contributed by atoms with van der Waals surface area (Å²) in [5.41, 5.74) is 3.89. The maximum absolute atomic E-state index is 9.70. The van der Waals surface area contributed by atoms with Crippen LogP contribution in [0.3, 0.4) is 0 Å². The van der Waals surface area contributed by atoms with Crippen LogP contribution >= 0.6 is 0 Å². The van der Waals surface area contributed by atoms with Gasteiger partial charge in [-0.05, 0) is 47.9 Å². The van der Waals surface area contributed by atoms with Gasteiger partial charge in [0.1, 0.15) is 5.75 Å². The van der Waals surface area contributed by atoms with Gasteiger partial charge in [-0.15, -0.1) is 0 Å². The van der Waals surface area contributed by atoms with Crippen molar-refractivity contribution in [3.8, 4) is 5.75 Å². The quantitative estimate of drug-likeness (QED) is 0.858. The molecule has 2 N–H and O–H groups in total. The molecule has 1 aliphatic carbocycles. The number of methoxy groups -OCH3 is 1. The average molecular weight is 311 g/mol. The van der Waals surface area contributed by atoms with Gasteiger partial charge in [-0.2, -0.15) is 0 Å². The first-order valence-electron chi connectivity index (χ1n) is 8.38. The van der Waals surface area contributed by atoms with Gasteiger partial charge in [0.2, 0.25) is 0 Å². The van der Waals surface area contributed by atoms with Gasteiger partial charge in [-0.1, -0.05) is 42.5 Å². The van der Waals surface area contributed by atoms with Crippen molar-refractivity contribution in [2.75, 3.05) is 20.3 Å². The molecule has 2 atom stereocenters. The van der Waals surface area contributed by atoms with E-state index in [1.165, 1.54) is 24.0 Å². The molecule has 0 bridgehead atoms. The van der Waals surface area contributed by atoms with Crippen LogP contribution in [-0.4, -0.2) is 25.4 Å². The Bertz CT molecular complexity index is 627. The number of aliphatic hydroxyl groups is 1. The molecule has 1 aliphatic rings. The maximum atomic E-state index is 9.70. The number of hydrogen-bond acceptors (Lipinski definition) is 3. The molecule has 0 saturated carbocycles. The summed E-state index contributed by atoms with van der Waals surface area (Å²) in [4.78, 5) is 0. The van der Waals surface area contributed by atoms with Crippen molar-refractivity contribution < 1.29 is 9.84 Å². The fourth-order valence-corrected chi connectivity index (χ4v) is 3.57. The van der Waals surface area contributed by atoms with E-state index < -0.39 is 0 Å². The molecule has 0 saturated heterocycles. The molecule has 3 heteroatoms. The second kappa shape index (κ2) is 7.62. The normalized spacial score (nSPS) is 18.3. The Morgan fingerprint density at radius 3 is 2.74 bits per heavy atom. The summed E-state index contributed by atoms with van der Waals surface area (Å²) in [5.74, 6) is 1.49. The Labute approximate surface area is 138 Å². The molecule has 23 heavy (non-hydrogen) atoms. The highest BCUT2D eigenvalue weighted by Crippen LogP contribution is 2.36. The molecule has 3 rings (SSSR count). The third kappa shape index (κ3) is 3.57. The number of aliphatic hydroxyl groups excluding tert-OH is 1. The molecule has 0 aliphatic heterocycles. The van der Waals surface area contributed by atoms with E-state index in [0.717, 1.165) is 24.3 Å². The number of hydrogen-bond donors (Lipinski definition) is 2. The smallest absolute Gasteiger partial charge is 0.122 e. The fourth-order valence-electron chi connectivity index (χ4n) is 3.57. The second-order valence-electron chi connectivity index (χ2n) is 6.17. The molecule has 0 spiro atoms. The second-order valence-corrected chi connectivity index (χ2v) is 6.17. The van der Waals surface area contributed by atoms with E-state index in [-0.39, 0.29) is 12.6 Å². The molecule has 0 unspecified atom stereocenters. The van der Waals surface area contributed by atoms with Crippen molar-refractivity contribution in [1.82, 2.24) is 5.32 Å². The summed E-state index contributed by atoms with van der Waals surface area (Å²) >= 11 is 0. The number of ether oxygens (including phenoxy) is 1. The molecular formula is C20H25NO2. The van der Waals surface area contributed by atoms with Gasteiger partial charge in [0.15, 0.2) is 0 Å². The predicted molar refractivity (Wildman–Crippen MR) is 92.9 cm³/mol. The molecule has 2 aromatic rings. The highest BCUT2D eigenvalue weighted by atomic mass is 16.5. The van der Waals surface area contributed by atoms with Crippen molar-refractivity contribution in [3.63, 3.8) is 0 Å². The molecule has 2 aromatic carbocycles. The lowest BCUT2D eigenvalue weighted by molar-refractivity contribution is 0.241. The first-order valence-corrected chi connectivity index (χ1v) is 8.38. The molecule has 0 fully saturated rings. The van der Waals surface area contributed by atoms with Crippen LogP contribution in [0, 0.1) is 0 Å². The summed E-state index contributed by atoms with van der Waals surface area (Å²) in [6, 6.07) is 16.5. The Morgan fingerprint density at radius 1 is 1.17 bits per heavy atom. The standard InChI is InChI=1S/C20H25NO2/c1-23-20-12-6-10-17-16(9-5-11-18(17)20)13-21-19(14-22)15-7-3-2-4-8-15/h2-4,6-8,10,12,16,19,21-22H,5,9,11,13-14H2,1H3/t16-,19-/m0/s1. The number of nitrogens with one attached hydrogen (secondary N) is 1. The SMILES string of the molecule is COc1cccc2c1CCC[C@H]2CN[C@@H](CO)c1ccccc1. The highest BCUT2D eigenvalue weighted by Gasteiger charge is 2.23. The minimum absolute atomic E-state index is 0.00724. The topological polar surface area (TPSA) is 41.5 Å². The number of fused-ring (bicyclic) bond motifs is 1. The zero-order valence-corrected chi connectivity index (χ0v) is 13.7. The first-order chi connectivity index (χ1) is 11.3. The van der Waals surface area contributed by atoms with Crippen LogP contribution in [0.5, 0.6) is 5.75 Å². The van der Waals surface area contributed by atoms with E-state index in [0.29, 0.717) is 5.92 Å². The lowest BCUT2D eigenvalue weighted by Crippen LogP contribution is -2.30. The summed E-state index contributed by atoms with van der Waals surface area (Å²) < 4.78 is 5.52. The minimum atomic E-state index is -0.00724. The summed E-state index contributed by atoms with van der Waals surface area (Å²) in [6.45, 7) is 0.988. The summed E-state index contributed by atoms with van der Waals surface area (Å²) in [5, 5.41) is 13.2. The number of benzene rings is 2. The molecule has 0 radical (unpaired) electrons. The van der Waals surface area contributed by atoms with Crippen molar-refractivity contribution in [1.29, 1.82) is 0 Å². The van der Waals surface area contributed by atoms with Crippen LogP contribution in [0.4, 0.5) is 0 Å². The van der Waals surface area contributed by atoms with Crippen molar-refractivity contribution in [2.45, 2.75) is 31.2 Å². The van der Waals surface area contributed by atoms with Crippen LogP contribution in [0.25, 0.3) is 0 Å². The third-order valence-electron chi connectivity index (χ3n) is 4.80. The van der Waals surface area contributed by atoms with Crippen molar-refractivity contribution >= 4 is 0 Å². The van der Waals surface area contributed by atoms with Gasteiger partial charge < -0.3 is 15.2 Å². The van der Waals surface area contributed by atoms with Crippen molar-refractivity contribution in [3.05, 3.63) is 65.2 Å². The van der Waals surface area contributed by atoms with Crippen LogP contribution in [-0.2, 0) is 6.42 Å². The minimum Gasteiger partial charge on any atom is -0.496 e. The van der Waals surface area contributed by atoms with Gasteiger partial charge in [0.25, 0.3) is 0 Å². The molecule has 122 valence electrons. The third-order valence-corrected chi connectivity index (χ3v) is 4.80.